The number of allylic oxidation sites excluding steroid dienone is 1. The van der Waals surface area contributed by atoms with E-state index >= 15 is 0 Å². The topological polar surface area (TPSA) is 76.1 Å². The van der Waals surface area contributed by atoms with Crippen LogP contribution in [0.15, 0.2) is 23.5 Å². The Morgan fingerprint density at radius 3 is 2.44 bits per heavy atom. The molecule has 0 spiro atoms. The van der Waals surface area contributed by atoms with Gasteiger partial charge in [0.05, 0.1) is 25.8 Å². The van der Waals surface area contributed by atoms with E-state index in [1.807, 2.05) is 12.1 Å². The molecule has 0 aromatic heterocycles. The fraction of sp³-hybridized carbons (Fsp3) is 0.474. The number of ether oxygens (including phenoxy) is 2. The van der Waals surface area contributed by atoms with Crippen LogP contribution in [-0.4, -0.2) is 42.5 Å². The van der Waals surface area contributed by atoms with Crippen LogP contribution < -0.4 is 9.47 Å². The Labute approximate surface area is 147 Å². The molecule has 1 amide bonds. The number of carbonyl (C=O) groups is 2. The van der Waals surface area contributed by atoms with E-state index in [-0.39, 0.29) is 17.4 Å². The average molecular weight is 345 g/mol. The minimum atomic E-state index is -0.575. The number of benzene rings is 1. The number of Topliss-reactive ketones (excluding diaryl/α,β-unsaturated/α-hetero) is 1. The van der Waals surface area contributed by atoms with E-state index in [0.29, 0.717) is 49.3 Å². The highest BCUT2D eigenvalue weighted by Crippen LogP contribution is 2.43. The molecule has 3 rings (SSSR count). The third kappa shape index (κ3) is 2.97. The number of hydrogen-bond acceptors (Lipinski definition) is 5. The Hall–Kier alpha value is -2.50. The lowest BCUT2D eigenvalue weighted by Gasteiger charge is -2.39. The molecule has 6 nitrogen and oxygen atoms in total. The number of nitrogens with zero attached hydrogens (tertiary/aromatic N) is 1. The fourth-order valence-electron chi connectivity index (χ4n) is 3.75. The van der Waals surface area contributed by atoms with E-state index in [4.69, 9.17) is 9.47 Å². The number of ketones is 1. The second kappa shape index (κ2) is 6.78. The van der Waals surface area contributed by atoms with Gasteiger partial charge in [0, 0.05) is 26.3 Å². The molecular formula is C19H23NO5. The molecule has 134 valence electrons. The third-order valence-corrected chi connectivity index (χ3v) is 4.98. The number of fused-ring (bicyclic) bond motifs is 1. The monoisotopic (exact) mass is 345 g/mol. The molecule has 1 aliphatic heterocycles. The maximum atomic E-state index is 12.5. The van der Waals surface area contributed by atoms with Crippen LogP contribution in [0.2, 0.25) is 0 Å². The standard InChI is InChI=1S/C19H23NO5/c1-11(21)20-8-7-12-9-16(24-2)17(25-3)10-13(12)19(20)18-14(22)5-4-6-15(18)23/h9-10,19,22H,4-8H2,1-3H3/t19-/m0/s1. The Kier molecular flexibility index (Phi) is 4.70. The van der Waals surface area contributed by atoms with Gasteiger partial charge in [0.15, 0.2) is 17.3 Å². The highest BCUT2D eigenvalue weighted by Gasteiger charge is 2.38. The van der Waals surface area contributed by atoms with Gasteiger partial charge in [0.1, 0.15) is 5.76 Å². The Morgan fingerprint density at radius 2 is 1.84 bits per heavy atom. The summed E-state index contributed by atoms with van der Waals surface area (Å²) in [6.45, 7) is 1.98. The van der Waals surface area contributed by atoms with Crippen molar-refractivity contribution < 1.29 is 24.2 Å². The van der Waals surface area contributed by atoms with Crippen LogP contribution in [0.5, 0.6) is 11.5 Å². The van der Waals surface area contributed by atoms with Crippen molar-refractivity contribution in [3.63, 3.8) is 0 Å². The normalized spacial score (nSPS) is 20.4. The summed E-state index contributed by atoms with van der Waals surface area (Å²) in [5, 5.41) is 10.4. The molecule has 1 heterocycles. The maximum Gasteiger partial charge on any atom is 0.220 e. The van der Waals surface area contributed by atoms with Crippen molar-refractivity contribution in [2.24, 2.45) is 0 Å². The van der Waals surface area contributed by atoms with Crippen LogP contribution in [0, 0.1) is 0 Å². The summed E-state index contributed by atoms with van der Waals surface area (Å²) < 4.78 is 10.8. The molecule has 1 aromatic carbocycles. The molecule has 1 aliphatic carbocycles. The van der Waals surface area contributed by atoms with E-state index in [9.17, 15) is 14.7 Å². The lowest BCUT2D eigenvalue weighted by Crippen LogP contribution is -2.41. The Balaban J connectivity index is 2.20. The minimum Gasteiger partial charge on any atom is -0.512 e. The molecule has 2 aliphatic rings. The van der Waals surface area contributed by atoms with Gasteiger partial charge < -0.3 is 19.5 Å². The van der Waals surface area contributed by atoms with Crippen molar-refractivity contribution in [1.82, 2.24) is 4.90 Å². The minimum absolute atomic E-state index is 0.0927. The third-order valence-electron chi connectivity index (χ3n) is 4.98. The van der Waals surface area contributed by atoms with Crippen molar-refractivity contribution in [3.05, 3.63) is 34.6 Å². The Bertz CT molecular complexity index is 752. The van der Waals surface area contributed by atoms with Gasteiger partial charge in [-0.2, -0.15) is 0 Å². The SMILES string of the molecule is COc1cc2c(cc1OC)[C@@H](C1=C(O)CCCC1=O)N(C(C)=O)CC2. The molecule has 0 radical (unpaired) electrons. The highest BCUT2D eigenvalue weighted by molar-refractivity contribution is 5.98. The average Bonchev–Trinajstić information content (AvgIpc) is 2.60. The molecule has 0 saturated carbocycles. The number of hydrogen-bond donors (Lipinski definition) is 1. The molecule has 0 unspecified atom stereocenters. The van der Waals surface area contributed by atoms with Gasteiger partial charge in [-0.25, -0.2) is 0 Å². The predicted molar refractivity (Wildman–Crippen MR) is 91.9 cm³/mol. The molecule has 6 heteroatoms. The number of methoxy groups -OCH3 is 2. The zero-order valence-corrected chi connectivity index (χ0v) is 14.8. The van der Waals surface area contributed by atoms with E-state index < -0.39 is 6.04 Å². The van der Waals surface area contributed by atoms with E-state index in [2.05, 4.69) is 0 Å². The zero-order valence-electron chi connectivity index (χ0n) is 14.8. The summed E-state index contributed by atoms with van der Waals surface area (Å²) in [5.74, 6) is 1.03. The van der Waals surface area contributed by atoms with E-state index in [1.54, 1.807) is 19.1 Å². The van der Waals surface area contributed by atoms with Gasteiger partial charge in [-0.3, -0.25) is 9.59 Å². The molecule has 25 heavy (non-hydrogen) atoms. The largest absolute Gasteiger partial charge is 0.512 e. The lowest BCUT2D eigenvalue weighted by molar-refractivity contribution is -0.131. The Morgan fingerprint density at radius 1 is 1.16 bits per heavy atom. The number of rotatable bonds is 3. The summed E-state index contributed by atoms with van der Waals surface area (Å²) in [6, 6.07) is 3.13. The quantitative estimate of drug-likeness (QED) is 0.911. The second-order valence-electron chi connectivity index (χ2n) is 6.41. The van der Waals surface area contributed by atoms with E-state index in [0.717, 1.165) is 11.1 Å². The van der Waals surface area contributed by atoms with Gasteiger partial charge in [-0.1, -0.05) is 0 Å². The van der Waals surface area contributed by atoms with Crippen LogP contribution >= 0.6 is 0 Å². The summed E-state index contributed by atoms with van der Waals surface area (Å²) in [4.78, 5) is 26.4. The summed E-state index contributed by atoms with van der Waals surface area (Å²) >= 11 is 0. The lowest BCUT2D eigenvalue weighted by atomic mass is 9.82. The number of aliphatic hydroxyl groups excluding tert-OH is 1. The van der Waals surface area contributed by atoms with Gasteiger partial charge in [-0.05, 0) is 36.1 Å². The van der Waals surface area contributed by atoms with Gasteiger partial charge in [0.2, 0.25) is 5.91 Å². The first-order valence-electron chi connectivity index (χ1n) is 8.45. The van der Waals surface area contributed by atoms with Crippen molar-refractivity contribution in [1.29, 1.82) is 0 Å². The number of amides is 1. The first-order valence-corrected chi connectivity index (χ1v) is 8.45. The van der Waals surface area contributed by atoms with Gasteiger partial charge in [0.25, 0.3) is 0 Å². The summed E-state index contributed by atoms with van der Waals surface area (Å²) in [7, 11) is 3.12. The second-order valence-corrected chi connectivity index (χ2v) is 6.41. The van der Waals surface area contributed by atoms with Gasteiger partial charge in [-0.15, -0.1) is 0 Å². The molecule has 1 N–H and O–H groups in total. The van der Waals surface area contributed by atoms with Crippen LogP contribution in [0.1, 0.15) is 43.4 Å². The van der Waals surface area contributed by atoms with Crippen molar-refractivity contribution >= 4 is 11.7 Å². The van der Waals surface area contributed by atoms with Crippen LogP contribution in [0.4, 0.5) is 0 Å². The summed E-state index contributed by atoms with van der Waals surface area (Å²) in [5.41, 5.74) is 2.16. The highest BCUT2D eigenvalue weighted by atomic mass is 16.5. The predicted octanol–water partition coefficient (Wildman–Crippen LogP) is 2.71. The molecule has 0 saturated heterocycles. The van der Waals surface area contributed by atoms with E-state index in [1.165, 1.54) is 6.92 Å². The first-order chi connectivity index (χ1) is 12.0. The smallest absolute Gasteiger partial charge is 0.220 e. The van der Waals surface area contributed by atoms with Crippen molar-refractivity contribution in [3.8, 4) is 11.5 Å². The molecule has 0 fully saturated rings. The van der Waals surface area contributed by atoms with Crippen molar-refractivity contribution in [2.75, 3.05) is 20.8 Å². The van der Waals surface area contributed by atoms with Crippen LogP contribution in [0.25, 0.3) is 0 Å². The molecular weight excluding hydrogens is 322 g/mol. The first kappa shape index (κ1) is 17.3. The van der Waals surface area contributed by atoms with Crippen LogP contribution in [-0.2, 0) is 16.0 Å². The molecule has 1 atom stereocenters. The molecule has 1 aromatic rings. The number of aliphatic hydroxyl groups is 1. The van der Waals surface area contributed by atoms with Gasteiger partial charge >= 0.3 is 0 Å². The molecule has 0 bridgehead atoms. The maximum absolute atomic E-state index is 12.5. The van der Waals surface area contributed by atoms with Crippen molar-refractivity contribution in [2.45, 2.75) is 38.6 Å². The zero-order chi connectivity index (χ0) is 18.1. The number of carbonyl (C=O) groups excluding carboxylic acids is 2. The summed E-state index contributed by atoms with van der Waals surface area (Å²) in [6.07, 6.45) is 2.16. The fourth-order valence-corrected chi connectivity index (χ4v) is 3.75. The van der Waals surface area contributed by atoms with Crippen LogP contribution in [0.3, 0.4) is 0 Å².